The van der Waals surface area contributed by atoms with E-state index in [1.807, 2.05) is 43.6 Å². The Bertz CT molecular complexity index is 1180. The fraction of sp³-hybridized carbons (Fsp3) is 0.440. The van der Waals surface area contributed by atoms with E-state index < -0.39 is 11.4 Å². The van der Waals surface area contributed by atoms with Gasteiger partial charge in [0.05, 0.1) is 18.8 Å². The molecule has 190 valence electrons. The predicted molar refractivity (Wildman–Crippen MR) is 133 cm³/mol. The van der Waals surface area contributed by atoms with E-state index >= 15 is 0 Å². The smallest absolute Gasteiger partial charge is 0.304 e. The number of hydrogen-bond acceptors (Lipinski definition) is 10. The van der Waals surface area contributed by atoms with Gasteiger partial charge in [-0.3, -0.25) is 8.37 Å². The maximum absolute atomic E-state index is 11.2. The maximum atomic E-state index is 11.2. The van der Waals surface area contributed by atoms with Gasteiger partial charge in [-0.05, 0) is 36.6 Å². The zero-order chi connectivity index (χ0) is 24.9. The summed E-state index contributed by atoms with van der Waals surface area (Å²) in [5.41, 5.74) is 2.91. The number of nitrogens with zero attached hydrogens (tertiary/aromatic N) is 5. The van der Waals surface area contributed by atoms with Crippen LogP contribution in [0.5, 0.6) is 17.5 Å². The first-order valence-corrected chi connectivity index (χ1v) is 13.1. The van der Waals surface area contributed by atoms with E-state index in [4.69, 9.17) is 17.8 Å². The summed E-state index contributed by atoms with van der Waals surface area (Å²) in [6.07, 6.45) is 7.93. The van der Waals surface area contributed by atoms with E-state index in [0.29, 0.717) is 30.7 Å². The molecule has 2 saturated heterocycles. The lowest BCUT2D eigenvalue weighted by Gasteiger charge is -2.32. The predicted octanol–water partition coefficient (Wildman–Crippen LogP) is 3.69. The summed E-state index contributed by atoms with van der Waals surface area (Å²) in [5, 5.41) is 0. The molecule has 0 amide bonds. The average Bonchev–Trinajstić information content (AvgIpc) is 2.92. The second-order valence-corrected chi connectivity index (χ2v) is 9.68. The van der Waals surface area contributed by atoms with Crippen molar-refractivity contribution in [3.05, 3.63) is 59.7 Å². The highest BCUT2D eigenvalue weighted by atomic mass is 32.2. The minimum atomic E-state index is -1.64. The summed E-state index contributed by atoms with van der Waals surface area (Å²) in [5.74, 6) is 2.43. The molecular weight excluding hydrogens is 482 g/mol. The fourth-order valence-corrected chi connectivity index (χ4v) is 4.75. The average molecular weight is 512 g/mol. The van der Waals surface area contributed by atoms with Gasteiger partial charge in [-0.2, -0.15) is 4.21 Å². The van der Waals surface area contributed by atoms with Gasteiger partial charge in [0.15, 0.2) is 0 Å². The molecule has 0 saturated carbocycles. The molecule has 0 unspecified atom stereocenters. The lowest BCUT2D eigenvalue weighted by atomic mass is 10.0. The van der Waals surface area contributed by atoms with Crippen LogP contribution in [0, 0.1) is 6.92 Å². The molecule has 0 spiro atoms. The van der Waals surface area contributed by atoms with Crippen molar-refractivity contribution in [2.75, 3.05) is 31.2 Å². The highest BCUT2D eigenvalue weighted by Gasteiger charge is 2.24. The zero-order valence-corrected chi connectivity index (χ0v) is 21.1. The minimum Gasteiger partial charge on any atom is -0.474 e. The molecule has 5 rings (SSSR count). The Balaban J connectivity index is 1.17. The van der Waals surface area contributed by atoms with Gasteiger partial charge >= 0.3 is 11.4 Å². The minimum absolute atomic E-state index is 0.0335. The van der Waals surface area contributed by atoms with E-state index in [2.05, 4.69) is 31.8 Å². The van der Waals surface area contributed by atoms with Gasteiger partial charge in [-0.15, -0.1) is 0 Å². The normalized spacial score (nSPS) is 20.8. The second-order valence-electron chi connectivity index (χ2n) is 8.80. The molecule has 36 heavy (non-hydrogen) atoms. The van der Waals surface area contributed by atoms with Crippen LogP contribution >= 0.6 is 0 Å². The molecule has 2 aliphatic rings. The number of ether oxygens (including phenoxy) is 2. The van der Waals surface area contributed by atoms with Gasteiger partial charge in [-0.25, -0.2) is 19.9 Å². The number of piperidine rings is 1. The van der Waals surface area contributed by atoms with Crippen molar-refractivity contribution < 1.29 is 22.0 Å². The summed E-state index contributed by atoms with van der Waals surface area (Å²) in [4.78, 5) is 19.8. The van der Waals surface area contributed by atoms with Crippen LogP contribution in [0.25, 0.3) is 0 Å². The monoisotopic (exact) mass is 511 g/mol. The van der Waals surface area contributed by atoms with E-state index in [1.165, 1.54) is 6.33 Å². The lowest BCUT2D eigenvalue weighted by Crippen LogP contribution is -2.39. The lowest BCUT2D eigenvalue weighted by molar-refractivity contribution is 0.160. The number of anilines is 1. The summed E-state index contributed by atoms with van der Waals surface area (Å²) in [7, 11) is 0. The quantitative estimate of drug-likeness (QED) is 0.466. The SMILES string of the molecule is CCc1cnc(N2CCC(Oc3ncnc(Oc4ccc(C5COS(=O)OC5)cc4)c3C)CC2)nc1. The first-order valence-electron chi connectivity index (χ1n) is 12.1. The molecule has 2 fully saturated rings. The van der Waals surface area contributed by atoms with E-state index in [-0.39, 0.29) is 12.0 Å². The standard InChI is InChI=1S/C25H29N5O5S/c1-3-18-12-26-25(27-13-18)30-10-8-22(9-11-30)35-24-17(2)23(28-16-29-24)34-21-6-4-19(5-7-21)20-14-32-36(31)33-15-20/h4-7,12-13,16,20,22H,3,8-11,14-15H2,1-2H3. The Morgan fingerprint density at radius 2 is 1.67 bits per heavy atom. The Hall–Kier alpha value is -3.15. The van der Waals surface area contributed by atoms with Crippen LogP contribution in [0.1, 0.15) is 42.4 Å². The van der Waals surface area contributed by atoms with E-state index in [1.54, 1.807) is 0 Å². The molecule has 2 aliphatic heterocycles. The van der Waals surface area contributed by atoms with Gasteiger partial charge < -0.3 is 14.4 Å². The Kier molecular flexibility index (Phi) is 7.69. The Labute approximate surface area is 212 Å². The van der Waals surface area contributed by atoms with Crippen LogP contribution < -0.4 is 14.4 Å². The van der Waals surface area contributed by atoms with E-state index in [0.717, 1.165) is 55.0 Å². The Morgan fingerprint density at radius 1 is 1.00 bits per heavy atom. The number of aromatic nitrogens is 4. The van der Waals surface area contributed by atoms with Crippen molar-refractivity contribution >= 4 is 17.3 Å². The van der Waals surface area contributed by atoms with Gasteiger partial charge in [-0.1, -0.05) is 19.1 Å². The molecule has 0 aliphatic carbocycles. The molecule has 1 aromatic carbocycles. The van der Waals surface area contributed by atoms with Gasteiger partial charge in [0, 0.05) is 44.2 Å². The topological polar surface area (TPSA) is 109 Å². The Morgan fingerprint density at radius 3 is 2.33 bits per heavy atom. The molecule has 0 radical (unpaired) electrons. The van der Waals surface area contributed by atoms with Crippen LogP contribution in [0.15, 0.2) is 43.0 Å². The number of aryl methyl sites for hydroxylation is 1. The molecule has 0 atom stereocenters. The zero-order valence-electron chi connectivity index (χ0n) is 20.3. The van der Waals surface area contributed by atoms with Gasteiger partial charge in [0.2, 0.25) is 17.7 Å². The molecular formula is C25H29N5O5S. The van der Waals surface area contributed by atoms with Crippen LogP contribution in [-0.2, 0) is 26.1 Å². The molecule has 10 nitrogen and oxygen atoms in total. The highest BCUT2D eigenvalue weighted by molar-refractivity contribution is 7.75. The molecule has 11 heteroatoms. The van der Waals surface area contributed by atoms with Crippen molar-refractivity contribution in [1.29, 1.82) is 0 Å². The second kappa shape index (κ2) is 11.3. The summed E-state index contributed by atoms with van der Waals surface area (Å²) >= 11 is -1.64. The van der Waals surface area contributed by atoms with Crippen LogP contribution in [0.2, 0.25) is 0 Å². The van der Waals surface area contributed by atoms with Gasteiger partial charge in [0.25, 0.3) is 0 Å². The summed E-state index contributed by atoms with van der Waals surface area (Å²) in [6, 6.07) is 7.63. The molecule has 0 bridgehead atoms. The van der Waals surface area contributed by atoms with Crippen molar-refractivity contribution in [3.8, 4) is 17.5 Å². The first kappa shape index (κ1) is 24.5. The van der Waals surface area contributed by atoms with Crippen molar-refractivity contribution in [3.63, 3.8) is 0 Å². The number of rotatable bonds is 7. The van der Waals surface area contributed by atoms with Crippen molar-refractivity contribution in [2.45, 2.75) is 45.1 Å². The van der Waals surface area contributed by atoms with Crippen molar-refractivity contribution in [2.24, 2.45) is 0 Å². The van der Waals surface area contributed by atoms with E-state index in [9.17, 15) is 4.21 Å². The number of hydrogen-bond donors (Lipinski definition) is 0. The fourth-order valence-electron chi connectivity index (χ4n) is 4.14. The van der Waals surface area contributed by atoms with Crippen LogP contribution in [0.3, 0.4) is 0 Å². The molecule has 3 aromatic rings. The van der Waals surface area contributed by atoms with Crippen LogP contribution in [0.4, 0.5) is 5.95 Å². The highest BCUT2D eigenvalue weighted by Crippen LogP contribution is 2.31. The van der Waals surface area contributed by atoms with Crippen molar-refractivity contribution in [1.82, 2.24) is 19.9 Å². The maximum Gasteiger partial charge on any atom is 0.304 e. The molecule has 2 aromatic heterocycles. The third-order valence-corrected chi connectivity index (χ3v) is 7.05. The molecule has 0 N–H and O–H groups in total. The summed E-state index contributed by atoms with van der Waals surface area (Å²) in [6.45, 7) is 6.35. The summed E-state index contributed by atoms with van der Waals surface area (Å²) < 4.78 is 33.6. The largest absolute Gasteiger partial charge is 0.474 e. The molecule has 4 heterocycles. The third kappa shape index (κ3) is 5.80. The van der Waals surface area contributed by atoms with Gasteiger partial charge in [0.1, 0.15) is 18.2 Å². The third-order valence-electron chi connectivity index (χ3n) is 6.39. The first-order chi connectivity index (χ1) is 17.6. The van der Waals surface area contributed by atoms with Crippen LogP contribution in [-0.4, -0.2) is 56.6 Å². The number of benzene rings is 1.